The maximum atomic E-state index is 12.8. The lowest BCUT2D eigenvalue weighted by atomic mass is 9.38. The molecule has 11 unspecified atom stereocenters. The van der Waals surface area contributed by atoms with E-state index in [-0.39, 0.29) is 16.9 Å². The highest BCUT2D eigenvalue weighted by molar-refractivity contribution is 5.76. The molecule has 0 aromatic rings. The van der Waals surface area contributed by atoms with Crippen LogP contribution in [-0.2, 0) is 4.79 Å². The Labute approximate surface area is 202 Å². The lowest BCUT2D eigenvalue weighted by molar-refractivity contribution is -0.200. The summed E-state index contributed by atoms with van der Waals surface area (Å²) in [4.78, 5) is 12.8. The molecule has 5 rings (SSSR count). The number of hydrogen-bond donors (Lipinski definition) is 2. The van der Waals surface area contributed by atoms with Gasteiger partial charge in [0.1, 0.15) is 0 Å². The maximum absolute atomic E-state index is 12.8. The molecular weight excluding hydrogens is 408 g/mol. The summed E-state index contributed by atoms with van der Waals surface area (Å²) in [5.74, 6) is 4.33. The first-order chi connectivity index (χ1) is 15.2. The summed E-state index contributed by atoms with van der Waals surface area (Å²) < 4.78 is 0. The van der Waals surface area contributed by atoms with Crippen LogP contribution in [0.4, 0.5) is 0 Å². The molecule has 0 heterocycles. The molecule has 0 radical (unpaired) electrons. The van der Waals surface area contributed by atoms with Crippen molar-refractivity contribution in [1.82, 2.24) is 0 Å². The number of fused-ring (bicyclic) bond motifs is 7. The number of carboxylic acids is 1. The summed E-state index contributed by atoms with van der Waals surface area (Å²) in [6, 6.07) is 0. The Bertz CT molecular complexity index is 795. The molecule has 3 nitrogen and oxygen atoms in total. The quantitative estimate of drug-likeness (QED) is 0.443. The monoisotopic (exact) mass is 458 g/mol. The lowest BCUT2D eigenvalue weighted by Crippen LogP contribution is -2.61. The fourth-order valence-corrected chi connectivity index (χ4v) is 11.2. The first-order valence-corrected chi connectivity index (χ1v) is 14.2. The van der Waals surface area contributed by atoms with Crippen molar-refractivity contribution in [2.75, 3.05) is 0 Å². The van der Waals surface area contributed by atoms with Crippen molar-refractivity contribution >= 4 is 5.97 Å². The van der Waals surface area contributed by atoms with Gasteiger partial charge in [-0.2, -0.15) is 0 Å². The molecule has 188 valence electrons. The summed E-state index contributed by atoms with van der Waals surface area (Å²) in [6.45, 7) is 16.7. The van der Waals surface area contributed by atoms with Gasteiger partial charge in [-0.05, 0) is 121 Å². The molecule has 0 amide bonds. The highest BCUT2D eigenvalue weighted by atomic mass is 16.4. The molecule has 0 bridgehead atoms. The molecule has 0 aromatic carbocycles. The molecule has 0 saturated heterocycles. The van der Waals surface area contributed by atoms with Crippen molar-refractivity contribution < 1.29 is 15.0 Å². The van der Waals surface area contributed by atoms with Crippen LogP contribution in [0.2, 0.25) is 0 Å². The van der Waals surface area contributed by atoms with E-state index < -0.39 is 11.4 Å². The minimum Gasteiger partial charge on any atom is -0.481 e. The summed E-state index contributed by atoms with van der Waals surface area (Å²) in [5.41, 5.74) is 0.0660. The van der Waals surface area contributed by atoms with Crippen LogP contribution >= 0.6 is 0 Å². The number of hydrogen-bond acceptors (Lipinski definition) is 2. The Morgan fingerprint density at radius 3 is 2.15 bits per heavy atom. The Hall–Kier alpha value is -0.570. The van der Waals surface area contributed by atoms with Gasteiger partial charge in [-0.3, -0.25) is 4.79 Å². The van der Waals surface area contributed by atoms with Crippen LogP contribution in [0.1, 0.15) is 106 Å². The van der Waals surface area contributed by atoms with Gasteiger partial charge in [0.05, 0.1) is 11.5 Å². The smallest absolute Gasteiger partial charge is 0.309 e. The highest BCUT2D eigenvalue weighted by Gasteiger charge is 2.67. The number of aliphatic hydroxyl groups is 1. The standard InChI is InChI=1S/C30H50O3/c1-17-16-23(31)28(5,6)20-10-13-29(7)19-11-14-30(26(32)33)15-12-22(27(2,3)4)25(30)18(19)8-9-21(29)24(17)20/h17-25,31H,8-16H2,1-7H3,(H,32,33). The van der Waals surface area contributed by atoms with Crippen LogP contribution < -0.4 is 0 Å². The van der Waals surface area contributed by atoms with E-state index in [2.05, 4.69) is 48.5 Å². The zero-order valence-electron chi connectivity index (χ0n) is 22.4. The molecule has 11 atom stereocenters. The van der Waals surface area contributed by atoms with Gasteiger partial charge in [0.15, 0.2) is 0 Å². The van der Waals surface area contributed by atoms with E-state index in [9.17, 15) is 15.0 Å². The van der Waals surface area contributed by atoms with Crippen LogP contribution in [-0.4, -0.2) is 22.3 Å². The SMILES string of the molecule is CC1CC(O)C(C)(C)C2CCC3(C)C4CCC5(C(=O)O)CCC(C(C)(C)C)C5C4CCC3C12. The molecule has 5 aliphatic rings. The minimum atomic E-state index is -0.495. The van der Waals surface area contributed by atoms with Gasteiger partial charge in [-0.1, -0.05) is 48.5 Å². The van der Waals surface area contributed by atoms with E-state index in [4.69, 9.17) is 0 Å². The second kappa shape index (κ2) is 7.47. The second-order valence-corrected chi connectivity index (χ2v) is 15.3. The van der Waals surface area contributed by atoms with Crippen LogP contribution in [0.5, 0.6) is 0 Å². The number of rotatable bonds is 1. The summed E-state index contributed by atoms with van der Waals surface area (Å²) in [7, 11) is 0. The molecular formula is C30H50O3. The van der Waals surface area contributed by atoms with Gasteiger partial charge >= 0.3 is 5.97 Å². The highest BCUT2D eigenvalue weighted by Crippen LogP contribution is 2.72. The fourth-order valence-electron chi connectivity index (χ4n) is 11.2. The molecule has 0 aromatic heterocycles. The third-order valence-electron chi connectivity index (χ3n) is 12.9. The Morgan fingerprint density at radius 2 is 1.52 bits per heavy atom. The number of aliphatic hydroxyl groups excluding tert-OH is 1. The predicted molar refractivity (Wildman–Crippen MR) is 133 cm³/mol. The van der Waals surface area contributed by atoms with Gasteiger partial charge in [0.25, 0.3) is 0 Å². The van der Waals surface area contributed by atoms with Crippen LogP contribution in [0.3, 0.4) is 0 Å². The zero-order valence-corrected chi connectivity index (χ0v) is 22.4. The summed E-state index contributed by atoms with van der Waals surface area (Å²) >= 11 is 0. The minimum absolute atomic E-state index is 0.0170. The second-order valence-electron chi connectivity index (χ2n) is 15.3. The van der Waals surface area contributed by atoms with Gasteiger partial charge in [0.2, 0.25) is 0 Å². The van der Waals surface area contributed by atoms with Crippen molar-refractivity contribution in [3.63, 3.8) is 0 Å². The van der Waals surface area contributed by atoms with E-state index in [1.165, 1.54) is 25.7 Å². The molecule has 0 aliphatic heterocycles. The van der Waals surface area contributed by atoms with Crippen LogP contribution in [0.25, 0.3) is 0 Å². The molecule has 3 heteroatoms. The predicted octanol–water partition coefficient (Wildman–Crippen LogP) is 7.03. The van der Waals surface area contributed by atoms with Gasteiger partial charge < -0.3 is 10.2 Å². The Morgan fingerprint density at radius 1 is 0.879 bits per heavy atom. The Kier molecular flexibility index (Phi) is 5.46. The first kappa shape index (κ1) is 24.1. The third kappa shape index (κ3) is 3.19. The van der Waals surface area contributed by atoms with Gasteiger partial charge in [-0.15, -0.1) is 0 Å². The Balaban J connectivity index is 1.51. The van der Waals surface area contributed by atoms with E-state index in [0.717, 1.165) is 43.9 Å². The van der Waals surface area contributed by atoms with Crippen molar-refractivity contribution in [2.45, 2.75) is 112 Å². The van der Waals surface area contributed by atoms with Crippen LogP contribution in [0.15, 0.2) is 0 Å². The molecule has 0 spiro atoms. The maximum Gasteiger partial charge on any atom is 0.309 e. The lowest BCUT2D eigenvalue weighted by Gasteiger charge is -2.66. The van der Waals surface area contributed by atoms with Crippen molar-refractivity contribution in [3.05, 3.63) is 0 Å². The molecule has 33 heavy (non-hydrogen) atoms. The van der Waals surface area contributed by atoms with Crippen molar-refractivity contribution in [2.24, 2.45) is 69.0 Å². The van der Waals surface area contributed by atoms with Crippen LogP contribution in [0, 0.1) is 69.0 Å². The topological polar surface area (TPSA) is 57.5 Å². The normalized spacial score (nSPS) is 53.4. The first-order valence-electron chi connectivity index (χ1n) is 14.2. The summed E-state index contributed by atoms with van der Waals surface area (Å²) in [5, 5.41) is 21.4. The van der Waals surface area contributed by atoms with Gasteiger partial charge in [0, 0.05) is 0 Å². The van der Waals surface area contributed by atoms with E-state index in [1.54, 1.807) is 0 Å². The molecule has 5 fully saturated rings. The molecule has 5 saturated carbocycles. The average Bonchev–Trinajstić information content (AvgIpc) is 3.13. The fraction of sp³-hybridized carbons (Fsp3) is 0.967. The largest absolute Gasteiger partial charge is 0.481 e. The summed E-state index contributed by atoms with van der Waals surface area (Å²) in [6.07, 6.45) is 9.81. The van der Waals surface area contributed by atoms with E-state index in [0.29, 0.717) is 40.9 Å². The number of carboxylic acid groups (broad SMARTS) is 1. The zero-order chi connectivity index (χ0) is 24.1. The molecule has 5 aliphatic carbocycles. The molecule has 2 N–H and O–H groups in total. The number of aliphatic carboxylic acids is 1. The van der Waals surface area contributed by atoms with Crippen molar-refractivity contribution in [3.8, 4) is 0 Å². The van der Waals surface area contributed by atoms with E-state index in [1.807, 2.05) is 0 Å². The van der Waals surface area contributed by atoms with Gasteiger partial charge in [-0.25, -0.2) is 0 Å². The third-order valence-corrected chi connectivity index (χ3v) is 12.9. The number of carbonyl (C=O) groups is 1. The average molecular weight is 459 g/mol. The van der Waals surface area contributed by atoms with Crippen molar-refractivity contribution in [1.29, 1.82) is 0 Å². The van der Waals surface area contributed by atoms with E-state index >= 15 is 0 Å².